The molecule has 0 radical (unpaired) electrons. The van der Waals surface area contributed by atoms with Gasteiger partial charge in [0.2, 0.25) is 15.9 Å². The number of primary sulfonamides is 1. The van der Waals surface area contributed by atoms with Crippen molar-refractivity contribution in [2.24, 2.45) is 5.14 Å². The Labute approximate surface area is 136 Å². The van der Waals surface area contributed by atoms with Crippen LogP contribution in [0.3, 0.4) is 0 Å². The summed E-state index contributed by atoms with van der Waals surface area (Å²) in [5.74, 6) is 0.293. The minimum atomic E-state index is -3.57. The lowest BCUT2D eigenvalue weighted by molar-refractivity contribution is -0.129. The number of amides is 1. The number of nitrogens with zero attached hydrogens (tertiary/aromatic N) is 1. The van der Waals surface area contributed by atoms with Crippen molar-refractivity contribution >= 4 is 27.7 Å². The average Bonchev–Trinajstić information content (AvgIpc) is 2.47. The monoisotopic (exact) mass is 342 g/mol. The number of thioether (sulfide) groups is 1. The molecule has 0 aromatic heterocycles. The van der Waals surface area contributed by atoms with Gasteiger partial charge in [-0.25, -0.2) is 13.6 Å². The Balaban J connectivity index is 1.96. The van der Waals surface area contributed by atoms with E-state index in [1.54, 1.807) is 4.90 Å². The number of rotatable bonds is 4. The van der Waals surface area contributed by atoms with Crippen molar-refractivity contribution < 1.29 is 13.2 Å². The molecule has 0 unspecified atom stereocenters. The van der Waals surface area contributed by atoms with E-state index in [-0.39, 0.29) is 12.5 Å². The molecule has 1 fully saturated rings. The van der Waals surface area contributed by atoms with Crippen LogP contribution in [-0.2, 0) is 14.8 Å². The molecule has 5 nitrogen and oxygen atoms in total. The van der Waals surface area contributed by atoms with Crippen LogP contribution < -0.4 is 5.14 Å². The summed E-state index contributed by atoms with van der Waals surface area (Å²) in [5.41, 5.74) is 2.30. The van der Waals surface area contributed by atoms with Gasteiger partial charge in [-0.1, -0.05) is 17.7 Å². The molecule has 2 N–H and O–H groups in total. The number of hydrogen-bond donors (Lipinski definition) is 1. The van der Waals surface area contributed by atoms with E-state index in [9.17, 15) is 13.2 Å². The van der Waals surface area contributed by atoms with Crippen LogP contribution in [0, 0.1) is 13.8 Å². The van der Waals surface area contributed by atoms with E-state index in [4.69, 9.17) is 5.14 Å². The van der Waals surface area contributed by atoms with Crippen molar-refractivity contribution in [1.29, 1.82) is 0 Å². The third-order valence-electron chi connectivity index (χ3n) is 3.89. The SMILES string of the molecule is Cc1ccc(C)c(SCC(=O)N2CCC[C@H](S(N)(=O)=O)C2)c1. The fourth-order valence-electron chi connectivity index (χ4n) is 2.53. The molecule has 7 heteroatoms. The van der Waals surface area contributed by atoms with Crippen molar-refractivity contribution in [1.82, 2.24) is 4.90 Å². The number of sulfonamides is 1. The predicted octanol–water partition coefficient (Wildman–Crippen LogP) is 1.68. The highest BCUT2D eigenvalue weighted by atomic mass is 32.2. The molecule has 0 spiro atoms. The highest BCUT2D eigenvalue weighted by Gasteiger charge is 2.30. The van der Waals surface area contributed by atoms with Gasteiger partial charge in [-0.15, -0.1) is 11.8 Å². The van der Waals surface area contributed by atoms with Crippen molar-refractivity contribution in [3.8, 4) is 0 Å². The summed E-state index contributed by atoms with van der Waals surface area (Å²) >= 11 is 1.50. The van der Waals surface area contributed by atoms with Crippen LogP contribution in [0.1, 0.15) is 24.0 Å². The lowest BCUT2D eigenvalue weighted by atomic mass is 10.1. The summed E-state index contributed by atoms with van der Waals surface area (Å²) in [5, 5.41) is 4.57. The second-order valence-electron chi connectivity index (χ2n) is 5.75. The van der Waals surface area contributed by atoms with Crippen LogP contribution in [0.25, 0.3) is 0 Å². The number of piperidine rings is 1. The number of hydrogen-bond acceptors (Lipinski definition) is 4. The van der Waals surface area contributed by atoms with Gasteiger partial charge in [0.15, 0.2) is 0 Å². The molecule has 0 bridgehead atoms. The van der Waals surface area contributed by atoms with E-state index in [0.717, 1.165) is 16.0 Å². The molecule has 1 aromatic rings. The van der Waals surface area contributed by atoms with E-state index in [1.807, 2.05) is 26.0 Å². The lowest BCUT2D eigenvalue weighted by Gasteiger charge is -2.31. The van der Waals surface area contributed by atoms with E-state index in [0.29, 0.717) is 25.1 Å². The van der Waals surface area contributed by atoms with Gasteiger partial charge in [0.25, 0.3) is 0 Å². The second-order valence-corrected chi connectivity index (χ2v) is 8.61. The summed E-state index contributed by atoms with van der Waals surface area (Å²) in [6, 6.07) is 6.15. The zero-order valence-corrected chi connectivity index (χ0v) is 14.5. The molecule has 1 aliphatic heterocycles. The Kier molecular flexibility index (Phi) is 5.52. The standard InChI is InChI=1S/C15H22N2O3S2/c1-11-5-6-12(2)14(8-11)21-10-15(18)17-7-3-4-13(9-17)22(16,19)20/h5-6,8,13H,3-4,7,9-10H2,1-2H3,(H2,16,19,20)/t13-/m0/s1. The van der Waals surface area contributed by atoms with E-state index in [1.165, 1.54) is 11.8 Å². The molecule has 1 aromatic carbocycles. The van der Waals surface area contributed by atoms with Gasteiger partial charge in [0, 0.05) is 18.0 Å². The molecule has 1 amide bonds. The summed E-state index contributed by atoms with van der Waals surface area (Å²) in [7, 11) is -3.57. The molecule has 122 valence electrons. The summed E-state index contributed by atoms with van der Waals surface area (Å²) in [6.45, 7) is 4.86. The van der Waals surface area contributed by atoms with Gasteiger partial charge in [-0.05, 0) is 38.3 Å². The first-order valence-corrected chi connectivity index (χ1v) is 9.86. The lowest BCUT2D eigenvalue weighted by Crippen LogP contribution is -2.47. The third-order valence-corrected chi connectivity index (χ3v) is 6.35. The predicted molar refractivity (Wildman–Crippen MR) is 89.3 cm³/mol. The zero-order valence-electron chi connectivity index (χ0n) is 12.9. The molecule has 2 rings (SSSR count). The average molecular weight is 342 g/mol. The van der Waals surface area contributed by atoms with Crippen LogP contribution in [0.5, 0.6) is 0 Å². The maximum Gasteiger partial charge on any atom is 0.232 e. The fraction of sp³-hybridized carbons (Fsp3) is 0.533. The minimum absolute atomic E-state index is 0.0285. The smallest absolute Gasteiger partial charge is 0.232 e. The molecule has 1 heterocycles. The summed E-state index contributed by atoms with van der Waals surface area (Å²) in [6.07, 6.45) is 1.22. The first kappa shape index (κ1) is 17.3. The number of likely N-dealkylation sites (tertiary alicyclic amines) is 1. The van der Waals surface area contributed by atoms with Gasteiger partial charge >= 0.3 is 0 Å². The van der Waals surface area contributed by atoms with Crippen molar-refractivity contribution in [2.75, 3.05) is 18.8 Å². The summed E-state index contributed by atoms with van der Waals surface area (Å²) < 4.78 is 22.9. The van der Waals surface area contributed by atoms with E-state index in [2.05, 4.69) is 6.07 Å². The third kappa shape index (κ3) is 4.47. The van der Waals surface area contributed by atoms with Crippen LogP contribution in [-0.4, -0.2) is 43.3 Å². The molecule has 1 saturated heterocycles. The number of aryl methyl sites for hydroxylation is 2. The van der Waals surface area contributed by atoms with Gasteiger partial charge in [0.05, 0.1) is 11.0 Å². The molecule has 1 aliphatic rings. The van der Waals surface area contributed by atoms with Crippen LogP contribution in [0.4, 0.5) is 0 Å². The van der Waals surface area contributed by atoms with Gasteiger partial charge in [0.1, 0.15) is 0 Å². The Hall–Kier alpha value is -1.05. The van der Waals surface area contributed by atoms with Crippen LogP contribution in [0.2, 0.25) is 0 Å². The largest absolute Gasteiger partial charge is 0.341 e. The van der Waals surface area contributed by atoms with Crippen LogP contribution in [0.15, 0.2) is 23.1 Å². The van der Waals surface area contributed by atoms with Gasteiger partial charge in [-0.3, -0.25) is 4.79 Å². The maximum absolute atomic E-state index is 12.3. The van der Waals surface area contributed by atoms with Crippen LogP contribution >= 0.6 is 11.8 Å². The topological polar surface area (TPSA) is 80.5 Å². The first-order chi connectivity index (χ1) is 10.3. The summed E-state index contributed by atoms with van der Waals surface area (Å²) in [4.78, 5) is 15.0. The van der Waals surface area contributed by atoms with Crippen molar-refractivity contribution in [2.45, 2.75) is 36.8 Å². The van der Waals surface area contributed by atoms with Crippen molar-refractivity contribution in [3.63, 3.8) is 0 Å². The number of benzene rings is 1. The molecular formula is C15H22N2O3S2. The number of carbonyl (C=O) groups is 1. The fourth-order valence-corrected chi connectivity index (χ4v) is 4.44. The normalized spacial score (nSPS) is 19.2. The van der Waals surface area contributed by atoms with E-state index >= 15 is 0 Å². The Bertz CT molecular complexity index is 659. The second kappa shape index (κ2) is 7.02. The minimum Gasteiger partial charge on any atom is -0.341 e. The molecule has 22 heavy (non-hydrogen) atoms. The first-order valence-electron chi connectivity index (χ1n) is 7.27. The number of nitrogens with two attached hydrogens (primary N) is 1. The zero-order chi connectivity index (χ0) is 16.3. The maximum atomic E-state index is 12.3. The van der Waals surface area contributed by atoms with Gasteiger partial charge in [-0.2, -0.15) is 0 Å². The molecule has 1 atom stereocenters. The molecule has 0 saturated carbocycles. The van der Waals surface area contributed by atoms with Gasteiger partial charge < -0.3 is 4.90 Å². The number of carbonyl (C=O) groups excluding carboxylic acids is 1. The molecular weight excluding hydrogens is 320 g/mol. The highest BCUT2D eigenvalue weighted by Crippen LogP contribution is 2.24. The highest BCUT2D eigenvalue weighted by molar-refractivity contribution is 8.00. The molecule has 0 aliphatic carbocycles. The Morgan fingerprint density at radius 3 is 2.82 bits per heavy atom. The Morgan fingerprint density at radius 2 is 2.14 bits per heavy atom. The quantitative estimate of drug-likeness (QED) is 0.844. The Morgan fingerprint density at radius 1 is 1.41 bits per heavy atom. The van der Waals surface area contributed by atoms with Crippen molar-refractivity contribution in [3.05, 3.63) is 29.3 Å². The van der Waals surface area contributed by atoms with E-state index < -0.39 is 15.3 Å².